The first kappa shape index (κ1) is 13.3. The summed E-state index contributed by atoms with van der Waals surface area (Å²) < 4.78 is 75.1. The molecule has 2 nitrogen and oxygen atoms in total. The summed E-state index contributed by atoms with van der Waals surface area (Å²) in [4.78, 5) is 10.1. The number of anilines is 1. The summed E-state index contributed by atoms with van der Waals surface area (Å²) in [5.74, 6) is -5.34. The Labute approximate surface area is 91.4 Å². The average molecular weight is 257 g/mol. The first-order valence-electron chi connectivity index (χ1n) is 4.18. The van der Waals surface area contributed by atoms with Crippen LogP contribution in [-0.2, 0) is 4.79 Å². The van der Waals surface area contributed by atoms with Gasteiger partial charge in [-0.15, -0.1) is 0 Å². The van der Waals surface area contributed by atoms with E-state index in [9.17, 15) is 31.2 Å². The van der Waals surface area contributed by atoms with Gasteiger partial charge in [0.1, 0.15) is 0 Å². The van der Waals surface area contributed by atoms with Crippen LogP contribution in [0.1, 0.15) is 0 Å². The molecule has 0 heterocycles. The van der Waals surface area contributed by atoms with Crippen LogP contribution in [0.25, 0.3) is 0 Å². The largest absolute Gasteiger partial charge is 0.455 e. The Morgan fingerprint density at radius 3 is 1.88 bits per heavy atom. The molecule has 0 bridgehead atoms. The monoisotopic (exact) mass is 257 g/mol. The van der Waals surface area contributed by atoms with Gasteiger partial charge in [0.05, 0.1) is 5.69 Å². The van der Waals surface area contributed by atoms with Gasteiger partial charge in [0.15, 0.2) is 0 Å². The Bertz CT molecular complexity index is 406. The lowest BCUT2D eigenvalue weighted by Gasteiger charge is -2.29. The topological polar surface area (TPSA) is 20.3 Å². The van der Waals surface area contributed by atoms with Crippen molar-refractivity contribution in [3.8, 4) is 0 Å². The molecule has 1 aromatic rings. The van der Waals surface area contributed by atoms with Crippen molar-refractivity contribution < 1.29 is 31.2 Å². The van der Waals surface area contributed by atoms with Crippen molar-refractivity contribution in [1.82, 2.24) is 0 Å². The number of hydrogen-bond donors (Lipinski definition) is 0. The van der Waals surface area contributed by atoms with Crippen LogP contribution in [0.3, 0.4) is 0 Å². The van der Waals surface area contributed by atoms with E-state index < -0.39 is 28.8 Å². The standard InChI is InChI=1S/C9H5F6NO/c10-7(17)8(11,9(12,13)14)16(15)6-4-2-1-3-5-6/h1-5H/t8-/m1/s1. The summed E-state index contributed by atoms with van der Waals surface area (Å²) in [6.07, 6.45) is -6.04. The van der Waals surface area contributed by atoms with Crippen LogP contribution in [0, 0.1) is 0 Å². The molecular formula is C9H5F6NO. The molecule has 1 aromatic carbocycles. The second-order valence-corrected chi connectivity index (χ2v) is 3.01. The molecule has 0 aliphatic carbocycles. The number of alkyl halides is 4. The summed E-state index contributed by atoms with van der Waals surface area (Å²) in [5.41, 5.74) is -0.932. The van der Waals surface area contributed by atoms with Crippen molar-refractivity contribution in [2.75, 3.05) is 5.12 Å². The van der Waals surface area contributed by atoms with E-state index in [1.165, 1.54) is 6.07 Å². The normalized spacial score (nSPS) is 15.2. The summed E-state index contributed by atoms with van der Waals surface area (Å²) in [5, 5.41) is -1.59. The van der Waals surface area contributed by atoms with Crippen LogP contribution in [0.2, 0.25) is 0 Å². The van der Waals surface area contributed by atoms with Crippen molar-refractivity contribution in [3.63, 3.8) is 0 Å². The summed E-state index contributed by atoms with van der Waals surface area (Å²) >= 11 is 0. The lowest BCUT2D eigenvalue weighted by molar-refractivity contribution is -0.239. The van der Waals surface area contributed by atoms with Gasteiger partial charge in [-0.25, -0.2) is 0 Å². The molecule has 0 saturated heterocycles. The molecular weight excluding hydrogens is 252 g/mol. The number of rotatable bonds is 3. The van der Waals surface area contributed by atoms with Crippen LogP contribution >= 0.6 is 0 Å². The Kier molecular flexibility index (Phi) is 3.35. The zero-order valence-electron chi connectivity index (χ0n) is 8.01. The fraction of sp³-hybridized carbons (Fsp3) is 0.222. The predicted molar refractivity (Wildman–Crippen MR) is 46.0 cm³/mol. The maximum absolute atomic E-state index is 13.2. The van der Waals surface area contributed by atoms with Gasteiger partial charge in [-0.2, -0.15) is 27.1 Å². The van der Waals surface area contributed by atoms with Crippen LogP contribution in [0.5, 0.6) is 0 Å². The van der Waals surface area contributed by atoms with E-state index in [4.69, 9.17) is 0 Å². The third-order valence-electron chi connectivity index (χ3n) is 1.89. The first-order chi connectivity index (χ1) is 7.71. The van der Waals surface area contributed by atoms with E-state index in [-0.39, 0.29) is 0 Å². The highest BCUT2D eigenvalue weighted by atomic mass is 19.4. The van der Waals surface area contributed by atoms with Crippen molar-refractivity contribution >= 4 is 11.7 Å². The number of halogens is 6. The van der Waals surface area contributed by atoms with Gasteiger partial charge in [0, 0.05) is 0 Å². The SMILES string of the molecule is O=C(F)[C@@](F)(N(F)c1ccccc1)C(F)(F)F. The molecule has 17 heavy (non-hydrogen) atoms. The highest BCUT2D eigenvalue weighted by Crippen LogP contribution is 2.40. The van der Waals surface area contributed by atoms with Crippen LogP contribution in [0.15, 0.2) is 30.3 Å². The number of nitrogens with zero attached hydrogens (tertiary/aromatic N) is 1. The number of hydrogen-bond acceptors (Lipinski definition) is 2. The van der Waals surface area contributed by atoms with Gasteiger partial charge in [-0.3, -0.25) is 4.79 Å². The van der Waals surface area contributed by atoms with Gasteiger partial charge >= 0.3 is 18.0 Å². The zero-order valence-corrected chi connectivity index (χ0v) is 8.01. The molecule has 0 radical (unpaired) electrons. The smallest absolute Gasteiger partial charge is 0.255 e. The van der Waals surface area contributed by atoms with E-state index in [1.54, 1.807) is 0 Å². The fourth-order valence-corrected chi connectivity index (χ4v) is 1.04. The van der Waals surface area contributed by atoms with Crippen molar-refractivity contribution in [3.05, 3.63) is 30.3 Å². The molecule has 0 N–H and O–H groups in total. The van der Waals surface area contributed by atoms with E-state index >= 15 is 0 Å². The van der Waals surface area contributed by atoms with E-state index in [0.29, 0.717) is 0 Å². The minimum absolute atomic E-state index is 0.753. The van der Waals surface area contributed by atoms with Crippen LogP contribution in [0.4, 0.5) is 32.1 Å². The highest BCUT2D eigenvalue weighted by molar-refractivity contribution is 5.82. The van der Waals surface area contributed by atoms with Crippen molar-refractivity contribution in [1.29, 1.82) is 0 Å². The van der Waals surface area contributed by atoms with Crippen molar-refractivity contribution in [2.45, 2.75) is 12.0 Å². The molecule has 1 rings (SSSR count). The minimum Gasteiger partial charge on any atom is -0.255 e. The average Bonchev–Trinajstić information content (AvgIpc) is 2.26. The molecule has 0 amide bonds. The molecule has 0 aliphatic heterocycles. The lowest BCUT2D eigenvalue weighted by atomic mass is 10.2. The molecule has 0 saturated carbocycles. The number of carbonyl (C=O) groups excluding carboxylic acids is 1. The molecule has 0 unspecified atom stereocenters. The maximum Gasteiger partial charge on any atom is 0.455 e. The Hall–Kier alpha value is -1.73. The van der Waals surface area contributed by atoms with Crippen LogP contribution in [-0.4, -0.2) is 18.0 Å². The highest BCUT2D eigenvalue weighted by Gasteiger charge is 2.68. The Morgan fingerprint density at radius 1 is 1.06 bits per heavy atom. The van der Waals surface area contributed by atoms with Gasteiger partial charge in [-0.1, -0.05) is 22.7 Å². The third-order valence-corrected chi connectivity index (χ3v) is 1.89. The summed E-state index contributed by atoms with van der Waals surface area (Å²) in [7, 11) is 0. The van der Waals surface area contributed by atoms with Gasteiger partial charge in [0.2, 0.25) is 0 Å². The number of para-hydroxylation sites is 1. The fourth-order valence-electron chi connectivity index (χ4n) is 1.04. The van der Waals surface area contributed by atoms with E-state index in [2.05, 4.69) is 0 Å². The summed E-state index contributed by atoms with van der Waals surface area (Å²) in [6, 6.07) is 1.55. The van der Waals surface area contributed by atoms with Gasteiger partial charge < -0.3 is 0 Å². The minimum atomic E-state index is -6.04. The van der Waals surface area contributed by atoms with Gasteiger partial charge in [-0.05, 0) is 12.1 Å². The van der Waals surface area contributed by atoms with Crippen LogP contribution < -0.4 is 5.12 Å². The van der Waals surface area contributed by atoms with E-state index in [1.807, 2.05) is 0 Å². The number of carbonyl (C=O) groups is 1. The summed E-state index contributed by atoms with van der Waals surface area (Å²) in [6.45, 7) is 0. The first-order valence-corrected chi connectivity index (χ1v) is 4.18. The Balaban J connectivity index is 3.23. The predicted octanol–water partition coefficient (Wildman–Crippen LogP) is 3.10. The molecule has 0 aliphatic rings. The quantitative estimate of drug-likeness (QED) is 0.359. The van der Waals surface area contributed by atoms with Gasteiger partial charge in [0.25, 0.3) is 0 Å². The van der Waals surface area contributed by atoms with E-state index in [0.717, 1.165) is 24.3 Å². The third kappa shape index (κ3) is 2.20. The second kappa shape index (κ2) is 4.27. The lowest BCUT2D eigenvalue weighted by Crippen LogP contribution is -2.57. The maximum atomic E-state index is 13.2. The molecule has 0 aromatic heterocycles. The molecule has 1 atom stereocenters. The Morgan fingerprint density at radius 2 is 1.53 bits per heavy atom. The molecule has 8 heteroatoms. The molecule has 94 valence electrons. The number of benzene rings is 1. The molecule has 0 spiro atoms. The molecule has 0 fully saturated rings. The second-order valence-electron chi connectivity index (χ2n) is 3.01. The zero-order chi connectivity index (χ0) is 13.3. The van der Waals surface area contributed by atoms with Crippen molar-refractivity contribution in [2.24, 2.45) is 0 Å².